The summed E-state index contributed by atoms with van der Waals surface area (Å²) < 4.78 is 0. The molecule has 3 nitrogen and oxygen atoms in total. The monoisotopic (exact) mass is 256 g/mol. The molecule has 1 saturated heterocycles. The molecule has 0 spiro atoms. The van der Waals surface area contributed by atoms with Gasteiger partial charge in [0.2, 0.25) is 0 Å². The Balaban J connectivity index is 2.39. The number of aliphatic hydroxyl groups is 1. The van der Waals surface area contributed by atoms with E-state index in [0.29, 0.717) is 6.04 Å². The molecule has 0 aromatic rings. The predicted molar refractivity (Wildman–Crippen MR) is 77.8 cm³/mol. The summed E-state index contributed by atoms with van der Waals surface area (Å²) in [5.41, 5.74) is 0. The van der Waals surface area contributed by atoms with Crippen molar-refractivity contribution in [1.82, 2.24) is 9.80 Å². The minimum absolute atomic E-state index is 0.142. The van der Waals surface area contributed by atoms with Crippen molar-refractivity contribution in [3.05, 3.63) is 0 Å². The van der Waals surface area contributed by atoms with E-state index in [1.54, 1.807) is 0 Å². The lowest BCUT2D eigenvalue weighted by atomic mass is 10.0. The zero-order chi connectivity index (χ0) is 13.5. The van der Waals surface area contributed by atoms with Crippen LogP contribution in [-0.4, -0.2) is 59.8 Å². The van der Waals surface area contributed by atoms with Crippen molar-refractivity contribution in [2.45, 2.75) is 59.1 Å². The largest absolute Gasteiger partial charge is 0.391 e. The molecule has 1 rings (SSSR count). The average molecular weight is 256 g/mol. The first kappa shape index (κ1) is 15.9. The molecule has 0 aliphatic carbocycles. The van der Waals surface area contributed by atoms with Crippen LogP contribution in [0.25, 0.3) is 0 Å². The number of aliphatic hydroxyl groups excluding tert-OH is 1. The molecule has 0 saturated carbocycles. The molecule has 1 aliphatic heterocycles. The molecule has 0 aromatic carbocycles. The van der Waals surface area contributed by atoms with Crippen LogP contribution in [-0.2, 0) is 0 Å². The van der Waals surface area contributed by atoms with Gasteiger partial charge in [0.05, 0.1) is 6.10 Å². The minimum atomic E-state index is -0.142. The van der Waals surface area contributed by atoms with Crippen LogP contribution in [0.1, 0.15) is 47.0 Å². The van der Waals surface area contributed by atoms with Gasteiger partial charge in [0.15, 0.2) is 0 Å². The third kappa shape index (κ3) is 4.87. The van der Waals surface area contributed by atoms with Gasteiger partial charge in [-0.05, 0) is 18.8 Å². The maximum atomic E-state index is 10.2. The van der Waals surface area contributed by atoms with Crippen LogP contribution in [0.3, 0.4) is 0 Å². The Labute approximate surface area is 113 Å². The molecule has 1 aliphatic rings. The summed E-state index contributed by atoms with van der Waals surface area (Å²) in [6, 6.07) is 0.367. The fourth-order valence-corrected chi connectivity index (χ4v) is 3.06. The van der Waals surface area contributed by atoms with Gasteiger partial charge >= 0.3 is 0 Å². The fraction of sp³-hybridized carbons (Fsp3) is 1.00. The third-order valence-corrected chi connectivity index (χ3v) is 3.95. The molecule has 0 amide bonds. The summed E-state index contributed by atoms with van der Waals surface area (Å²) in [5.74, 6) is 0.754. The third-order valence-electron chi connectivity index (χ3n) is 3.95. The number of rotatable bonds is 7. The molecule has 108 valence electrons. The summed E-state index contributed by atoms with van der Waals surface area (Å²) in [7, 11) is 0. The molecule has 0 bridgehead atoms. The molecular weight excluding hydrogens is 224 g/mol. The zero-order valence-electron chi connectivity index (χ0n) is 12.7. The summed E-state index contributed by atoms with van der Waals surface area (Å²) >= 11 is 0. The lowest BCUT2D eigenvalue weighted by Gasteiger charge is -2.41. The molecule has 0 aromatic heterocycles. The quantitative estimate of drug-likeness (QED) is 0.756. The Hall–Kier alpha value is -0.120. The van der Waals surface area contributed by atoms with Gasteiger partial charge in [-0.25, -0.2) is 0 Å². The molecule has 1 heterocycles. The van der Waals surface area contributed by atoms with Gasteiger partial charge < -0.3 is 10.0 Å². The van der Waals surface area contributed by atoms with Crippen LogP contribution < -0.4 is 0 Å². The molecule has 2 atom stereocenters. The lowest BCUT2D eigenvalue weighted by Crippen LogP contribution is -2.53. The first-order valence-electron chi connectivity index (χ1n) is 7.72. The number of hydrogen-bond donors (Lipinski definition) is 1. The second-order valence-corrected chi connectivity index (χ2v) is 6.06. The highest BCUT2D eigenvalue weighted by atomic mass is 16.3. The minimum Gasteiger partial charge on any atom is -0.391 e. The summed E-state index contributed by atoms with van der Waals surface area (Å²) in [5, 5.41) is 10.2. The highest BCUT2D eigenvalue weighted by Crippen LogP contribution is 2.16. The number of nitrogens with zero attached hydrogens (tertiary/aromatic N) is 2. The van der Waals surface area contributed by atoms with Gasteiger partial charge in [-0.15, -0.1) is 0 Å². The fourth-order valence-electron chi connectivity index (χ4n) is 3.06. The predicted octanol–water partition coefficient (Wildman–Crippen LogP) is 2.20. The summed E-state index contributed by atoms with van der Waals surface area (Å²) in [6.45, 7) is 14.7. The highest BCUT2D eigenvalue weighted by Gasteiger charge is 2.27. The summed E-state index contributed by atoms with van der Waals surface area (Å²) in [4.78, 5) is 5.05. The van der Waals surface area contributed by atoms with Crippen LogP contribution in [0.4, 0.5) is 0 Å². The van der Waals surface area contributed by atoms with Crippen LogP contribution in [0.2, 0.25) is 0 Å². The van der Waals surface area contributed by atoms with Crippen molar-refractivity contribution in [2.75, 3.05) is 32.7 Å². The first-order chi connectivity index (χ1) is 8.58. The second-order valence-electron chi connectivity index (χ2n) is 6.06. The molecule has 3 heteroatoms. The van der Waals surface area contributed by atoms with Crippen molar-refractivity contribution in [3.63, 3.8) is 0 Å². The summed E-state index contributed by atoms with van der Waals surface area (Å²) in [6.07, 6.45) is 2.93. The van der Waals surface area contributed by atoms with E-state index in [4.69, 9.17) is 0 Å². The Bertz CT molecular complexity index is 213. The normalized spacial score (nSPS) is 22.3. The van der Waals surface area contributed by atoms with Gasteiger partial charge in [0, 0.05) is 38.8 Å². The van der Waals surface area contributed by atoms with E-state index < -0.39 is 0 Å². The van der Waals surface area contributed by atoms with Crippen molar-refractivity contribution < 1.29 is 5.11 Å². The van der Waals surface area contributed by atoms with E-state index >= 15 is 0 Å². The molecule has 18 heavy (non-hydrogen) atoms. The number of piperazine rings is 1. The van der Waals surface area contributed by atoms with Crippen LogP contribution >= 0.6 is 0 Å². The Kier molecular flexibility index (Phi) is 7.20. The Morgan fingerprint density at radius 2 is 1.67 bits per heavy atom. The molecule has 1 fully saturated rings. The van der Waals surface area contributed by atoms with Gasteiger partial charge in [0.1, 0.15) is 0 Å². The van der Waals surface area contributed by atoms with Crippen molar-refractivity contribution in [2.24, 2.45) is 5.92 Å². The molecule has 1 N–H and O–H groups in total. The smallest absolute Gasteiger partial charge is 0.0695 e. The first-order valence-corrected chi connectivity index (χ1v) is 7.72. The topological polar surface area (TPSA) is 26.7 Å². The average Bonchev–Trinajstić information content (AvgIpc) is 2.32. The van der Waals surface area contributed by atoms with Crippen molar-refractivity contribution in [3.8, 4) is 0 Å². The lowest BCUT2D eigenvalue weighted by molar-refractivity contribution is 0.0110. The highest BCUT2D eigenvalue weighted by molar-refractivity contribution is 4.82. The zero-order valence-corrected chi connectivity index (χ0v) is 12.7. The van der Waals surface area contributed by atoms with Gasteiger partial charge in [-0.2, -0.15) is 0 Å². The second kappa shape index (κ2) is 8.13. The van der Waals surface area contributed by atoms with E-state index in [0.717, 1.165) is 51.4 Å². The van der Waals surface area contributed by atoms with Gasteiger partial charge in [-0.1, -0.05) is 34.1 Å². The maximum absolute atomic E-state index is 10.2. The molecular formula is C15H32N2O. The van der Waals surface area contributed by atoms with E-state index in [1.807, 2.05) is 0 Å². The Morgan fingerprint density at radius 3 is 2.11 bits per heavy atom. The van der Waals surface area contributed by atoms with E-state index in [2.05, 4.69) is 37.5 Å². The molecule has 0 radical (unpaired) electrons. The van der Waals surface area contributed by atoms with E-state index in [9.17, 15) is 5.11 Å². The van der Waals surface area contributed by atoms with Crippen LogP contribution in [0.15, 0.2) is 0 Å². The Morgan fingerprint density at radius 1 is 1.06 bits per heavy atom. The van der Waals surface area contributed by atoms with E-state index in [1.165, 1.54) is 6.54 Å². The van der Waals surface area contributed by atoms with Crippen LogP contribution in [0, 0.1) is 5.92 Å². The molecule has 2 unspecified atom stereocenters. The van der Waals surface area contributed by atoms with Crippen molar-refractivity contribution >= 4 is 0 Å². The maximum Gasteiger partial charge on any atom is 0.0695 e. The number of hydrogen-bond acceptors (Lipinski definition) is 3. The van der Waals surface area contributed by atoms with E-state index in [-0.39, 0.29) is 6.10 Å². The van der Waals surface area contributed by atoms with Crippen molar-refractivity contribution in [1.29, 1.82) is 0 Å². The van der Waals surface area contributed by atoms with Crippen LogP contribution in [0.5, 0.6) is 0 Å². The van der Waals surface area contributed by atoms with Gasteiger partial charge in [-0.3, -0.25) is 4.90 Å². The standard InChI is InChI=1S/C15H32N2O/c1-5-7-15(18)14(6-2)17-10-8-16(9-11-17)12-13(3)4/h13-15,18H,5-12H2,1-4H3. The SMILES string of the molecule is CCCC(O)C(CC)N1CCN(CC(C)C)CC1. The van der Waals surface area contributed by atoms with Gasteiger partial charge in [0.25, 0.3) is 0 Å².